The van der Waals surface area contributed by atoms with Gasteiger partial charge in [0.2, 0.25) is 0 Å². The molecule has 1 atom stereocenters. The molecule has 0 fully saturated rings. The van der Waals surface area contributed by atoms with Crippen LogP contribution in [0.15, 0.2) is 36.9 Å². The molecule has 1 rings (SSSR count). The Labute approximate surface area is 100 Å². The van der Waals surface area contributed by atoms with Crippen LogP contribution in [0.25, 0.3) is 0 Å². The largest absolute Gasteiger partial charge is 0.103 e. The third-order valence-electron chi connectivity index (χ3n) is 3.15. The molecule has 0 saturated carbocycles. The SMILES string of the molecule is C=CC(CCC)CCCc1ccc(C)cc1. The lowest BCUT2D eigenvalue weighted by molar-refractivity contribution is 0.517. The Bertz CT molecular complexity index is 294. The Morgan fingerprint density at radius 1 is 1.19 bits per heavy atom. The molecule has 0 amide bonds. The maximum atomic E-state index is 3.92. The van der Waals surface area contributed by atoms with Gasteiger partial charge in [-0.2, -0.15) is 0 Å². The summed E-state index contributed by atoms with van der Waals surface area (Å²) in [5.41, 5.74) is 2.81. The molecular formula is C16H24. The average Bonchev–Trinajstić information content (AvgIpc) is 2.30. The van der Waals surface area contributed by atoms with Gasteiger partial charge in [-0.15, -0.1) is 6.58 Å². The van der Waals surface area contributed by atoms with Crippen LogP contribution in [0.5, 0.6) is 0 Å². The fraction of sp³-hybridized carbons (Fsp3) is 0.500. The maximum absolute atomic E-state index is 3.92. The van der Waals surface area contributed by atoms with Crippen molar-refractivity contribution in [3.8, 4) is 0 Å². The summed E-state index contributed by atoms with van der Waals surface area (Å²) < 4.78 is 0. The summed E-state index contributed by atoms with van der Waals surface area (Å²) in [5.74, 6) is 0.718. The first-order chi connectivity index (χ1) is 7.76. The summed E-state index contributed by atoms with van der Waals surface area (Å²) >= 11 is 0. The second-order valence-electron chi connectivity index (χ2n) is 4.66. The van der Waals surface area contributed by atoms with Crippen molar-refractivity contribution in [3.63, 3.8) is 0 Å². The first kappa shape index (κ1) is 13.0. The van der Waals surface area contributed by atoms with Gasteiger partial charge in [-0.3, -0.25) is 0 Å². The lowest BCUT2D eigenvalue weighted by atomic mass is 9.95. The average molecular weight is 216 g/mol. The van der Waals surface area contributed by atoms with Gasteiger partial charge in [0.15, 0.2) is 0 Å². The molecule has 0 aliphatic carbocycles. The minimum atomic E-state index is 0.718. The Kier molecular flexibility index (Phi) is 5.92. The number of hydrogen-bond donors (Lipinski definition) is 0. The third kappa shape index (κ3) is 4.65. The molecule has 1 unspecified atom stereocenters. The van der Waals surface area contributed by atoms with E-state index in [0.29, 0.717) is 0 Å². The van der Waals surface area contributed by atoms with Crippen molar-refractivity contribution in [1.29, 1.82) is 0 Å². The highest BCUT2D eigenvalue weighted by atomic mass is 14.1. The minimum absolute atomic E-state index is 0.718. The summed E-state index contributed by atoms with van der Waals surface area (Å²) in [6, 6.07) is 8.90. The highest BCUT2D eigenvalue weighted by Gasteiger charge is 2.02. The lowest BCUT2D eigenvalue weighted by Crippen LogP contribution is -1.97. The van der Waals surface area contributed by atoms with E-state index in [-0.39, 0.29) is 0 Å². The number of allylic oxidation sites excluding steroid dienone is 1. The van der Waals surface area contributed by atoms with Crippen LogP contribution in [0.4, 0.5) is 0 Å². The van der Waals surface area contributed by atoms with Crippen molar-refractivity contribution in [2.45, 2.75) is 46.0 Å². The third-order valence-corrected chi connectivity index (χ3v) is 3.15. The smallest absolute Gasteiger partial charge is 0.0236 e. The highest BCUT2D eigenvalue weighted by Crippen LogP contribution is 2.16. The molecule has 0 nitrogen and oxygen atoms in total. The molecule has 0 heterocycles. The Morgan fingerprint density at radius 3 is 2.44 bits per heavy atom. The van der Waals surface area contributed by atoms with Gasteiger partial charge < -0.3 is 0 Å². The number of hydrogen-bond acceptors (Lipinski definition) is 0. The first-order valence-corrected chi connectivity index (χ1v) is 6.44. The Morgan fingerprint density at radius 2 is 1.88 bits per heavy atom. The van der Waals surface area contributed by atoms with E-state index in [1.807, 2.05) is 0 Å². The summed E-state index contributed by atoms with van der Waals surface area (Å²) in [5, 5.41) is 0. The van der Waals surface area contributed by atoms with Crippen LogP contribution in [0, 0.1) is 12.8 Å². The lowest BCUT2D eigenvalue weighted by Gasteiger charge is -2.10. The molecule has 88 valence electrons. The van der Waals surface area contributed by atoms with E-state index in [0.717, 1.165) is 5.92 Å². The molecule has 1 aromatic rings. The fourth-order valence-corrected chi connectivity index (χ4v) is 2.07. The van der Waals surface area contributed by atoms with Gasteiger partial charge in [-0.25, -0.2) is 0 Å². The van der Waals surface area contributed by atoms with Crippen molar-refractivity contribution in [2.75, 3.05) is 0 Å². The van der Waals surface area contributed by atoms with Gasteiger partial charge in [0.05, 0.1) is 0 Å². The van der Waals surface area contributed by atoms with Crippen molar-refractivity contribution in [1.82, 2.24) is 0 Å². The fourth-order valence-electron chi connectivity index (χ4n) is 2.07. The molecule has 0 spiro atoms. The van der Waals surface area contributed by atoms with Crippen molar-refractivity contribution >= 4 is 0 Å². The van der Waals surface area contributed by atoms with Crippen molar-refractivity contribution < 1.29 is 0 Å². The zero-order valence-electron chi connectivity index (χ0n) is 10.7. The summed E-state index contributed by atoms with van der Waals surface area (Å²) in [4.78, 5) is 0. The Balaban J connectivity index is 2.29. The number of aryl methyl sites for hydroxylation is 2. The van der Waals surface area contributed by atoms with Gasteiger partial charge in [-0.1, -0.05) is 49.2 Å². The second kappa shape index (κ2) is 7.27. The first-order valence-electron chi connectivity index (χ1n) is 6.44. The van der Waals surface area contributed by atoms with E-state index in [1.54, 1.807) is 0 Å². The predicted molar refractivity (Wildman–Crippen MR) is 72.7 cm³/mol. The molecular weight excluding hydrogens is 192 g/mol. The summed E-state index contributed by atoms with van der Waals surface area (Å²) in [6.45, 7) is 8.30. The second-order valence-corrected chi connectivity index (χ2v) is 4.66. The van der Waals surface area contributed by atoms with Gasteiger partial charge in [0.1, 0.15) is 0 Å². The minimum Gasteiger partial charge on any atom is -0.103 e. The van der Waals surface area contributed by atoms with Crippen LogP contribution in [-0.2, 0) is 6.42 Å². The van der Waals surface area contributed by atoms with Crippen LogP contribution in [0.3, 0.4) is 0 Å². The molecule has 0 aliphatic rings. The van der Waals surface area contributed by atoms with Crippen molar-refractivity contribution in [3.05, 3.63) is 48.0 Å². The maximum Gasteiger partial charge on any atom is -0.0236 e. The van der Waals surface area contributed by atoms with Crippen LogP contribution < -0.4 is 0 Å². The molecule has 0 saturated heterocycles. The molecule has 0 N–H and O–H groups in total. The van der Waals surface area contributed by atoms with Crippen LogP contribution in [0.2, 0.25) is 0 Å². The van der Waals surface area contributed by atoms with E-state index in [2.05, 4.69) is 50.8 Å². The zero-order chi connectivity index (χ0) is 11.8. The van der Waals surface area contributed by atoms with Gasteiger partial charge in [0, 0.05) is 0 Å². The van der Waals surface area contributed by atoms with Crippen molar-refractivity contribution in [2.24, 2.45) is 5.92 Å². The van der Waals surface area contributed by atoms with E-state index in [1.165, 1.54) is 43.2 Å². The molecule has 0 heteroatoms. The Hall–Kier alpha value is -1.04. The normalized spacial score (nSPS) is 12.4. The van der Waals surface area contributed by atoms with E-state index in [9.17, 15) is 0 Å². The van der Waals surface area contributed by atoms with Crippen LogP contribution >= 0.6 is 0 Å². The monoisotopic (exact) mass is 216 g/mol. The molecule has 16 heavy (non-hydrogen) atoms. The molecule has 0 bridgehead atoms. The van der Waals surface area contributed by atoms with Gasteiger partial charge >= 0.3 is 0 Å². The summed E-state index contributed by atoms with van der Waals surface area (Å²) in [6.07, 6.45) is 8.44. The van der Waals surface area contributed by atoms with Gasteiger partial charge in [0.25, 0.3) is 0 Å². The van der Waals surface area contributed by atoms with E-state index < -0.39 is 0 Å². The summed E-state index contributed by atoms with van der Waals surface area (Å²) in [7, 11) is 0. The highest BCUT2D eigenvalue weighted by molar-refractivity contribution is 5.21. The van der Waals surface area contributed by atoms with E-state index in [4.69, 9.17) is 0 Å². The molecule has 1 aromatic carbocycles. The van der Waals surface area contributed by atoms with E-state index >= 15 is 0 Å². The van der Waals surface area contributed by atoms with Gasteiger partial charge in [-0.05, 0) is 44.1 Å². The van der Waals surface area contributed by atoms with Crippen LogP contribution in [0.1, 0.15) is 43.7 Å². The predicted octanol–water partition coefficient (Wildman–Crippen LogP) is 4.92. The molecule has 0 radical (unpaired) electrons. The zero-order valence-corrected chi connectivity index (χ0v) is 10.7. The molecule has 0 aliphatic heterocycles. The number of benzene rings is 1. The molecule has 0 aromatic heterocycles. The standard InChI is InChI=1S/C16H24/c1-4-7-15(5-2)8-6-9-16-12-10-14(3)11-13-16/h5,10-13,15H,2,4,6-9H2,1,3H3. The number of rotatable bonds is 7. The quantitative estimate of drug-likeness (QED) is 0.567. The van der Waals surface area contributed by atoms with Crippen LogP contribution in [-0.4, -0.2) is 0 Å². The topological polar surface area (TPSA) is 0 Å².